The minimum Gasteiger partial charge on any atom is -0.387 e. The van der Waals surface area contributed by atoms with Crippen molar-refractivity contribution in [3.8, 4) is 0 Å². The fourth-order valence-corrected chi connectivity index (χ4v) is 4.42. The summed E-state index contributed by atoms with van der Waals surface area (Å²) in [4.78, 5) is 12.3. The van der Waals surface area contributed by atoms with Gasteiger partial charge < -0.3 is 15.7 Å². The highest BCUT2D eigenvalue weighted by Crippen LogP contribution is 2.32. The summed E-state index contributed by atoms with van der Waals surface area (Å²) in [5.74, 6) is 0.544. The number of hydrogen-bond donors (Lipinski definition) is 3. The Labute approximate surface area is 148 Å². The molecule has 2 saturated heterocycles. The zero-order chi connectivity index (χ0) is 17.2. The van der Waals surface area contributed by atoms with Crippen molar-refractivity contribution in [1.29, 1.82) is 0 Å². The van der Waals surface area contributed by atoms with E-state index in [0.717, 1.165) is 29.2 Å². The normalized spacial score (nSPS) is 26.5. The van der Waals surface area contributed by atoms with Crippen LogP contribution in [0, 0.1) is 5.92 Å². The number of fused-ring (bicyclic) bond motifs is 3. The summed E-state index contributed by atoms with van der Waals surface area (Å²) in [6.45, 7) is 0.273. The van der Waals surface area contributed by atoms with E-state index >= 15 is 0 Å². The highest BCUT2D eigenvalue weighted by Gasteiger charge is 2.34. The summed E-state index contributed by atoms with van der Waals surface area (Å²) in [6, 6.07) is 15.3. The van der Waals surface area contributed by atoms with Crippen LogP contribution < -0.4 is 10.6 Å². The molecule has 2 aromatic carbocycles. The van der Waals surface area contributed by atoms with E-state index < -0.39 is 6.10 Å². The van der Waals surface area contributed by atoms with Crippen LogP contribution in [0.5, 0.6) is 0 Å². The summed E-state index contributed by atoms with van der Waals surface area (Å²) in [7, 11) is 0. The van der Waals surface area contributed by atoms with Crippen molar-refractivity contribution in [1.82, 2.24) is 10.6 Å². The van der Waals surface area contributed by atoms with Crippen LogP contribution in [0.2, 0.25) is 0 Å². The molecule has 132 valence electrons. The van der Waals surface area contributed by atoms with Crippen molar-refractivity contribution >= 4 is 16.7 Å². The molecule has 2 aliphatic heterocycles. The topological polar surface area (TPSA) is 61.4 Å². The number of carbonyl (C=O) groups is 1. The molecular weight excluding hydrogens is 312 g/mol. The standard InChI is InChI=1S/C21H26N2O2/c24-20(17-6-5-15-3-1-2-4-16(15)12-17)13-22-21(25)11-14-9-18-7-8-19(10-14)23-18/h1-6,12,14,18-20,23-24H,7-11,13H2,(H,22,25). The van der Waals surface area contributed by atoms with E-state index in [1.165, 1.54) is 12.8 Å². The number of aliphatic hydroxyl groups excluding tert-OH is 1. The van der Waals surface area contributed by atoms with Crippen LogP contribution in [0.15, 0.2) is 42.5 Å². The number of piperidine rings is 1. The maximum absolute atomic E-state index is 12.3. The molecule has 25 heavy (non-hydrogen) atoms. The number of hydrogen-bond acceptors (Lipinski definition) is 3. The summed E-state index contributed by atoms with van der Waals surface area (Å²) in [6.07, 6.45) is 4.64. The molecule has 1 amide bonds. The third-order valence-corrected chi connectivity index (χ3v) is 5.70. The predicted molar refractivity (Wildman–Crippen MR) is 99.2 cm³/mol. The Kier molecular flexibility index (Phi) is 4.73. The monoisotopic (exact) mass is 338 g/mol. The lowest BCUT2D eigenvalue weighted by molar-refractivity contribution is -0.122. The van der Waals surface area contributed by atoms with Crippen LogP contribution in [0.4, 0.5) is 0 Å². The Hall–Kier alpha value is -1.91. The Morgan fingerprint density at radius 1 is 1.12 bits per heavy atom. The largest absolute Gasteiger partial charge is 0.387 e. The number of aliphatic hydroxyl groups is 1. The highest BCUT2D eigenvalue weighted by molar-refractivity contribution is 5.83. The SMILES string of the molecule is O=C(CC1CC2CCC(C1)N2)NCC(O)c1ccc2ccccc2c1. The van der Waals surface area contributed by atoms with Gasteiger partial charge in [-0.1, -0.05) is 36.4 Å². The van der Waals surface area contributed by atoms with Crippen molar-refractivity contribution in [2.45, 2.75) is 50.3 Å². The van der Waals surface area contributed by atoms with E-state index in [1.807, 2.05) is 36.4 Å². The highest BCUT2D eigenvalue weighted by atomic mass is 16.3. The Morgan fingerprint density at radius 2 is 1.84 bits per heavy atom. The molecule has 2 aromatic rings. The van der Waals surface area contributed by atoms with Gasteiger partial charge >= 0.3 is 0 Å². The maximum atomic E-state index is 12.3. The fraction of sp³-hybridized carbons (Fsp3) is 0.476. The first-order chi connectivity index (χ1) is 12.2. The van der Waals surface area contributed by atoms with Crippen molar-refractivity contribution < 1.29 is 9.90 Å². The van der Waals surface area contributed by atoms with Gasteiger partial charge in [-0.3, -0.25) is 4.79 Å². The predicted octanol–water partition coefficient (Wildman–Crippen LogP) is 2.91. The van der Waals surface area contributed by atoms with E-state index in [9.17, 15) is 9.90 Å². The summed E-state index contributed by atoms with van der Waals surface area (Å²) in [5.41, 5.74) is 0.846. The first-order valence-electron chi connectivity index (χ1n) is 9.37. The maximum Gasteiger partial charge on any atom is 0.220 e. The van der Waals surface area contributed by atoms with Gasteiger partial charge in [0.05, 0.1) is 6.10 Å². The molecule has 3 atom stereocenters. The second kappa shape index (κ2) is 7.14. The molecule has 0 aliphatic carbocycles. The Morgan fingerprint density at radius 3 is 2.60 bits per heavy atom. The van der Waals surface area contributed by atoms with E-state index in [1.54, 1.807) is 0 Å². The smallest absolute Gasteiger partial charge is 0.220 e. The molecule has 2 heterocycles. The molecular formula is C21H26N2O2. The number of rotatable bonds is 5. The van der Waals surface area contributed by atoms with Crippen LogP contribution in [0.25, 0.3) is 10.8 Å². The van der Waals surface area contributed by atoms with Crippen molar-refractivity contribution in [2.24, 2.45) is 5.92 Å². The zero-order valence-electron chi connectivity index (χ0n) is 14.4. The van der Waals surface area contributed by atoms with Crippen molar-refractivity contribution in [3.05, 3.63) is 48.0 Å². The van der Waals surface area contributed by atoms with Gasteiger partial charge in [0.15, 0.2) is 0 Å². The molecule has 2 aliphatic rings. The number of carbonyl (C=O) groups excluding carboxylic acids is 1. The Bertz CT molecular complexity index is 748. The van der Waals surface area contributed by atoms with Gasteiger partial charge in [0.25, 0.3) is 0 Å². The fourth-order valence-electron chi connectivity index (χ4n) is 4.42. The quantitative estimate of drug-likeness (QED) is 0.785. The minimum atomic E-state index is -0.669. The van der Waals surface area contributed by atoms with Crippen LogP contribution in [-0.4, -0.2) is 29.6 Å². The summed E-state index contributed by atoms with van der Waals surface area (Å²) in [5, 5.41) is 19.2. The molecule has 4 nitrogen and oxygen atoms in total. The summed E-state index contributed by atoms with van der Waals surface area (Å²) >= 11 is 0. The number of amides is 1. The van der Waals surface area contributed by atoms with Crippen molar-refractivity contribution in [3.63, 3.8) is 0 Å². The molecule has 0 aromatic heterocycles. The van der Waals surface area contributed by atoms with Gasteiger partial charge in [-0.25, -0.2) is 0 Å². The molecule has 0 spiro atoms. The van der Waals surface area contributed by atoms with Gasteiger partial charge in [0, 0.05) is 25.0 Å². The molecule has 3 N–H and O–H groups in total. The molecule has 0 saturated carbocycles. The Balaban J connectivity index is 1.30. The third-order valence-electron chi connectivity index (χ3n) is 5.70. The average molecular weight is 338 g/mol. The first kappa shape index (κ1) is 16.6. The third kappa shape index (κ3) is 3.86. The molecule has 3 unspecified atom stereocenters. The summed E-state index contributed by atoms with van der Waals surface area (Å²) < 4.78 is 0. The second-order valence-electron chi connectivity index (χ2n) is 7.61. The van der Waals surface area contributed by atoms with Gasteiger partial charge in [-0.15, -0.1) is 0 Å². The number of nitrogens with one attached hydrogen (secondary N) is 2. The van der Waals surface area contributed by atoms with E-state index in [-0.39, 0.29) is 12.5 Å². The van der Waals surface area contributed by atoms with Gasteiger partial charge in [0.1, 0.15) is 0 Å². The van der Waals surface area contributed by atoms with Crippen LogP contribution in [0.3, 0.4) is 0 Å². The van der Waals surface area contributed by atoms with Gasteiger partial charge in [-0.05, 0) is 54.0 Å². The average Bonchev–Trinajstić information content (AvgIpc) is 2.97. The minimum absolute atomic E-state index is 0.0612. The van der Waals surface area contributed by atoms with E-state index in [4.69, 9.17) is 0 Å². The molecule has 2 fully saturated rings. The zero-order valence-corrected chi connectivity index (χ0v) is 14.4. The lowest BCUT2D eigenvalue weighted by atomic mass is 9.89. The van der Waals surface area contributed by atoms with Crippen LogP contribution in [-0.2, 0) is 4.79 Å². The van der Waals surface area contributed by atoms with Crippen LogP contribution in [0.1, 0.15) is 43.8 Å². The lowest BCUT2D eigenvalue weighted by Gasteiger charge is -2.28. The van der Waals surface area contributed by atoms with Gasteiger partial charge in [-0.2, -0.15) is 0 Å². The van der Waals surface area contributed by atoms with E-state index in [2.05, 4.69) is 16.7 Å². The first-order valence-corrected chi connectivity index (χ1v) is 9.37. The molecule has 0 radical (unpaired) electrons. The molecule has 4 rings (SSSR count). The molecule has 2 bridgehead atoms. The van der Waals surface area contributed by atoms with E-state index in [0.29, 0.717) is 24.4 Å². The van der Waals surface area contributed by atoms with Gasteiger partial charge in [0.2, 0.25) is 5.91 Å². The van der Waals surface area contributed by atoms with Crippen LogP contribution >= 0.6 is 0 Å². The second-order valence-corrected chi connectivity index (χ2v) is 7.61. The van der Waals surface area contributed by atoms with Crippen molar-refractivity contribution in [2.75, 3.05) is 6.54 Å². The lowest BCUT2D eigenvalue weighted by Crippen LogP contribution is -2.40. The number of benzene rings is 2. The molecule has 4 heteroatoms.